The predicted molar refractivity (Wildman–Crippen MR) is 115 cm³/mol. The van der Waals surface area contributed by atoms with Gasteiger partial charge in [0.1, 0.15) is 29.7 Å². The van der Waals surface area contributed by atoms with Crippen LogP contribution in [0, 0.1) is 25.2 Å². The molecule has 0 bridgehead atoms. The van der Waals surface area contributed by atoms with Crippen molar-refractivity contribution in [1.29, 1.82) is 5.26 Å². The standard InChI is InChI=1S/C24H28N2O3/c1-4-5-11-28-22-8-6-20(7-9-22)16-21(17-25)24(27)26-10-12-29-23-14-18(2)13-19(3)15-23/h6-9,13-16H,4-5,10-12H2,1-3H3,(H,26,27)/b21-16+. The first-order valence-corrected chi connectivity index (χ1v) is 9.85. The van der Waals surface area contributed by atoms with Gasteiger partial charge in [-0.05, 0) is 67.3 Å². The molecule has 0 saturated heterocycles. The van der Waals surface area contributed by atoms with Crippen molar-refractivity contribution < 1.29 is 14.3 Å². The van der Waals surface area contributed by atoms with Crippen LogP contribution >= 0.6 is 0 Å². The Morgan fingerprint density at radius 2 is 1.69 bits per heavy atom. The molecule has 0 aliphatic heterocycles. The molecule has 0 spiro atoms. The Morgan fingerprint density at radius 3 is 2.31 bits per heavy atom. The van der Waals surface area contributed by atoms with E-state index in [-0.39, 0.29) is 5.57 Å². The lowest BCUT2D eigenvalue weighted by atomic mass is 10.1. The highest BCUT2D eigenvalue weighted by Crippen LogP contribution is 2.16. The van der Waals surface area contributed by atoms with E-state index in [9.17, 15) is 10.1 Å². The second-order valence-corrected chi connectivity index (χ2v) is 6.87. The molecule has 0 radical (unpaired) electrons. The summed E-state index contributed by atoms with van der Waals surface area (Å²) in [5, 5.41) is 12.0. The van der Waals surface area contributed by atoms with Crippen LogP contribution in [0.15, 0.2) is 48.0 Å². The first kappa shape index (κ1) is 22.0. The van der Waals surface area contributed by atoms with Crippen molar-refractivity contribution in [1.82, 2.24) is 5.32 Å². The lowest BCUT2D eigenvalue weighted by molar-refractivity contribution is -0.117. The number of benzene rings is 2. The zero-order valence-corrected chi connectivity index (χ0v) is 17.3. The van der Waals surface area contributed by atoms with Gasteiger partial charge in [0.25, 0.3) is 5.91 Å². The van der Waals surface area contributed by atoms with Gasteiger partial charge >= 0.3 is 0 Å². The number of unbranched alkanes of at least 4 members (excludes halogenated alkanes) is 1. The van der Waals surface area contributed by atoms with Crippen LogP contribution in [0.3, 0.4) is 0 Å². The molecular formula is C24H28N2O3. The number of ether oxygens (including phenoxy) is 2. The largest absolute Gasteiger partial charge is 0.494 e. The number of carbonyl (C=O) groups is 1. The molecule has 2 rings (SSSR count). The van der Waals surface area contributed by atoms with Crippen molar-refractivity contribution in [3.05, 3.63) is 64.7 Å². The first-order chi connectivity index (χ1) is 14.0. The van der Waals surface area contributed by atoms with Gasteiger partial charge in [-0.15, -0.1) is 0 Å². The third-order valence-corrected chi connectivity index (χ3v) is 4.17. The fourth-order valence-corrected chi connectivity index (χ4v) is 2.75. The summed E-state index contributed by atoms with van der Waals surface area (Å²) in [6.07, 6.45) is 3.65. The maximum absolute atomic E-state index is 12.3. The molecule has 0 aromatic heterocycles. The van der Waals surface area contributed by atoms with E-state index in [1.807, 2.05) is 56.3 Å². The zero-order chi connectivity index (χ0) is 21.1. The van der Waals surface area contributed by atoms with Gasteiger partial charge in [-0.1, -0.05) is 31.5 Å². The molecule has 0 heterocycles. The molecule has 0 aliphatic carbocycles. The molecule has 29 heavy (non-hydrogen) atoms. The average molecular weight is 392 g/mol. The van der Waals surface area contributed by atoms with Crippen molar-refractivity contribution in [2.45, 2.75) is 33.6 Å². The number of amides is 1. The predicted octanol–water partition coefficient (Wildman–Crippen LogP) is 4.58. The van der Waals surface area contributed by atoms with Gasteiger partial charge in [0.2, 0.25) is 0 Å². The summed E-state index contributed by atoms with van der Waals surface area (Å²) >= 11 is 0. The number of nitriles is 1. The van der Waals surface area contributed by atoms with E-state index in [1.54, 1.807) is 6.08 Å². The Balaban J connectivity index is 1.85. The smallest absolute Gasteiger partial charge is 0.262 e. The molecular weight excluding hydrogens is 364 g/mol. The molecule has 5 nitrogen and oxygen atoms in total. The Morgan fingerprint density at radius 1 is 1.03 bits per heavy atom. The summed E-state index contributed by atoms with van der Waals surface area (Å²) < 4.78 is 11.3. The molecule has 2 aromatic carbocycles. The van der Waals surface area contributed by atoms with E-state index in [0.29, 0.717) is 19.8 Å². The molecule has 1 N–H and O–H groups in total. The highest BCUT2D eigenvalue weighted by Gasteiger charge is 2.08. The normalized spacial score (nSPS) is 10.9. The third kappa shape index (κ3) is 7.71. The number of carbonyl (C=O) groups excluding carboxylic acids is 1. The summed E-state index contributed by atoms with van der Waals surface area (Å²) in [6.45, 7) is 7.46. The fourth-order valence-electron chi connectivity index (χ4n) is 2.75. The van der Waals surface area contributed by atoms with E-state index in [1.165, 1.54) is 0 Å². The Bertz CT molecular complexity index is 860. The minimum Gasteiger partial charge on any atom is -0.494 e. The number of hydrogen-bond donors (Lipinski definition) is 1. The fraction of sp³-hybridized carbons (Fsp3) is 0.333. The highest BCUT2D eigenvalue weighted by molar-refractivity contribution is 6.01. The van der Waals surface area contributed by atoms with Crippen LogP contribution in [0.1, 0.15) is 36.5 Å². The van der Waals surface area contributed by atoms with Crippen molar-refractivity contribution >= 4 is 12.0 Å². The number of nitrogens with one attached hydrogen (secondary N) is 1. The summed E-state index contributed by atoms with van der Waals surface area (Å²) in [5.74, 6) is 1.14. The third-order valence-electron chi connectivity index (χ3n) is 4.17. The van der Waals surface area contributed by atoms with Crippen molar-refractivity contribution in [2.24, 2.45) is 0 Å². The van der Waals surface area contributed by atoms with E-state index < -0.39 is 5.91 Å². The quantitative estimate of drug-likeness (QED) is 0.365. The Labute approximate surface area is 173 Å². The van der Waals surface area contributed by atoms with Crippen LogP contribution in [0.4, 0.5) is 0 Å². The molecule has 5 heteroatoms. The van der Waals surface area contributed by atoms with Crippen molar-refractivity contribution in [2.75, 3.05) is 19.8 Å². The van der Waals surface area contributed by atoms with E-state index >= 15 is 0 Å². The maximum Gasteiger partial charge on any atom is 0.262 e. The summed E-state index contributed by atoms with van der Waals surface area (Å²) in [4.78, 5) is 12.3. The van der Waals surface area contributed by atoms with Crippen LogP contribution in [0.2, 0.25) is 0 Å². The molecule has 0 saturated carbocycles. The van der Waals surface area contributed by atoms with Gasteiger partial charge in [0.15, 0.2) is 0 Å². The molecule has 2 aromatic rings. The molecule has 152 valence electrons. The minimum atomic E-state index is -0.417. The average Bonchev–Trinajstić information content (AvgIpc) is 2.70. The highest BCUT2D eigenvalue weighted by atomic mass is 16.5. The summed E-state index contributed by atoms with van der Waals surface area (Å²) in [6, 6.07) is 15.3. The number of hydrogen-bond acceptors (Lipinski definition) is 4. The van der Waals surface area contributed by atoms with Gasteiger partial charge in [0, 0.05) is 0 Å². The monoisotopic (exact) mass is 392 g/mol. The van der Waals surface area contributed by atoms with Crippen LogP contribution in [0.25, 0.3) is 6.08 Å². The second kappa shape index (κ2) is 11.6. The Hall–Kier alpha value is -3.26. The van der Waals surface area contributed by atoms with E-state index in [4.69, 9.17) is 9.47 Å². The number of aryl methyl sites for hydroxylation is 2. The van der Waals surface area contributed by atoms with E-state index in [2.05, 4.69) is 18.3 Å². The topological polar surface area (TPSA) is 71.3 Å². The molecule has 0 fully saturated rings. The van der Waals surface area contributed by atoms with E-state index in [0.717, 1.165) is 41.0 Å². The first-order valence-electron chi connectivity index (χ1n) is 9.85. The lowest BCUT2D eigenvalue weighted by Gasteiger charge is -2.09. The van der Waals surface area contributed by atoms with Crippen LogP contribution in [-0.2, 0) is 4.79 Å². The molecule has 0 atom stereocenters. The van der Waals surface area contributed by atoms with Gasteiger partial charge in [0.05, 0.1) is 13.2 Å². The summed E-state index contributed by atoms with van der Waals surface area (Å²) in [7, 11) is 0. The van der Waals surface area contributed by atoms with Crippen LogP contribution < -0.4 is 14.8 Å². The minimum absolute atomic E-state index is 0.0519. The Kier molecular flexibility index (Phi) is 8.78. The maximum atomic E-state index is 12.3. The van der Waals surface area contributed by atoms with Crippen LogP contribution in [-0.4, -0.2) is 25.7 Å². The van der Waals surface area contributed by atoms with Crippen LogP contribution in [0.5, 0.6) is 11.5 Å². The number of nitrogens with zero attached hydrogens (tertiary/aromatic N) is 1. The molecule has 1 amide bonds. The van der Waals surface area contributed by atoms with Gasteiger partial charge in [-0.3, -0.25) is 4.79 Å². The second-order valence-electron chi connectivity index (χ2n) is 6.87. The molecule has 0 unspecified atom stereocenters. The number of rotatable bonds is 10. The van der Waals surface area contributed by atoms with Gasteiger partial charge < -0.3 is 14.8 Å². The van der Waals surface area contributed by atoms with Crippen molar-refractivity contribution in [3.8, 4) is 17.6 Å². The van der Waals surface area contributed by atoms with Gasteiger partial charge in [-0.25, -0.2) is 0 Å². The molecule has 0 aliphatic rings. The lowest BCUT2D eigenvalue weighted by Crippen LogP contribution is -2.29. The zero-order valence-electron chi connectivity index (χ0n) is 17.3. The summed E-state index contributed by atoms with van der Waals surface area (Å²) in [5.41, 5.74) is 3.07. The van der Waals surface area contributed by atoms with Crippen molar-refractivity contribution in [3.63, 3.8) is 0 Å². The van der Waals surface area contributed by atoms with Gasteiger partial charge in [-0.2, -0.15) is 5.26 Å². The SMILES string of the molecule is CCCCOc1ccc(/C=C(\C#N)C(=O)NCCOc2cc(C)cc(C)c2)cc1.